The van der Waals surface area contributed by atoms with Crippen LogP contribution in [-0.4, -0.2) is 5.11 Å². The van der Waals surface area contributed by atoms with Gasteiger partial charge in [-0.05, 0) is 67.0 Å². The van der Waals surface area contributed by atoms with Gasteiger partial charge in [-0.25, -0.2) is 0 Å². The van der Waals surface area contributed by atoms with E-state index in [2.05, 4.69) is 54.8 Å². The van der Waals surface area contributed by atoms with Crippen molar-refractivity contribution in [3.63, 3.8) is 0 Å². The molecule has 0 fully saturated rings. The lowest BCUT2D eigenvalue weighted by atomic mass is 9.94. The van der Waals surface area contributed by atoms with Gasteiger partial charge in [0.15, 0.2) is 5.11 Å². The Morgan fingerprint density at radius 1 is 0.923 bits per heavy atom. The first-order valence-electron chi connectivity index (χ1n) is 8.48. The summed E-state index contributed by atoms with van der Waals surface area (Å²) < 4.78 is 0. The molecular formula is C22H21ClN2S. The van der Waals surface area contributed by atoms with E-state index in [1.54, 1.807) is 0 Å². The molecule has 0 spiro atoms. The summed E-state index contributed by atoms with van der Waals surface area (Å²) in [5.41, 5.74) is 5.77. The summed E-state index contributed by atoms with van der Waals surface area (Å²) in [5.74, 6) is 0. The Bertz CT molecular complexity index is 892. The summed E-state index contributed by atoms with van der Waals surface area (Å²) in [6.45, 7) is 4.24. The molecular weight excluding hydrogens is 360 g/mol. The quantitative estimate of drug-likeness (QED) is 0.540. The zero-order valence-corrected chi connectivity index (χ0v) is 16.4. The Balaban J connectivity index is 1.86. The monoisotopic (exact) mass is 380 g/mol. The smallest absolute Gasteiger partial charge is 0.171 e. The standard InChI is InChI=1S/C22H21ClN2S/c1-15-8-13-20(16(2)14-15)21(17-6-4-3-5-7-17)25-22(26)24-19-11-9-18(23)10-12-19/h3-14,21H,1-2H3,(H2,24,25,26)/t21-/m1/s1. The molecule has 1 atom stereocenters. The van der Waals surface area contributed by atoms with Crippen LogP contribution in [0.2, 0.25) is 5.02 Å². The lowest BCUT2D eigenvalue weighted by molar-refractivity contribution is 0.762. The van der Waals surface area contributed by atoms with Gasteiger partial charge in [0.05, 0.1) is 6.04 Å². The highest BCUT2D eigenvalue weighted by Gasteiger charge is 2.17. The topological polar surface area (TPSA) is 24.1 Å². The van der Waals surface area contributed by atoms with Crippen molar-refractivity contribution < 1.29 is 0 Å². The van der Waals surface area contributed by atoms with Crippen molar-refractivity contribution >= 4 is 34.6 Å². The number of nitrogens with one attached hydrogen (secondary N) is 2. The molecule has 0 radical (unpaired) electrons. The highest BCUT2D eigenvalue weighted by atomic mass is 35.5. The van der Waals surface area contributed by atoms with Crippen LogP contribution in [0.15, 0.2) is 72.8 Å². The summed E-state index contributed by atoms with van der Waals surface area (Å²) in [5, 5.41) is 7.96. The van der Waals surface area contributed by atoms with Crippen LogP contribution < -0.4 is 10.6 Å². The van der Waals surface area contributed by atoms with Gasteiger partial charge in [-0.2, -0.15) is 0 Å². The van der Waals surface area contributed by atoms with E-state index in [9.17, 15) is 0 Å². The lowest BCUT2D eigenvalue weighted by Gasteiger charge is -2.24. The van der Waals surface area contributed by atoms with Crippen molar-refractivity contribution in [2.75, 3.05) is 5.32 Å². The predicted molar refractivity (Wildman–Crippen MR) is 115 cm³/mol. The molecule has 0 bridgehead atoms. The van der Waals surface area contributed by atoms with Crippen LogP contribution in [0.4, 0.5) is 5.69 Å². The molecule has 0 heterocycles. The molecule has 0 unspecified atom stereocenters. The zero-order chi connectivity index (χ0) is 18.5. The van der Waals surface area contributed by atoms with Crippen molar-refractivity contribution in [1.29, 1.82) is 0 Å². The Morgan fingerprint density at radius 3 is 2.27 bits per heavy atom. The molecule has 4 heteroatoms. The van der Waals surface area contributed by atoms with Crippen molar-refractivity contribution in [1.82, 2.24) is 5.32 Å². The molecule has 0 aliphatic heterocycles. The average molecular weight is 381 g/mol. The van der Waals surface area contributed by atoms with Gasteiger partial charge >= 0.3 is 0 Å². The van der Waals surface area contributed by atoms with Gasteiger partial charge < -0.3 is 10.6 Å². The van der Waals surface area contributed by atoms with Gasteiger partial charge in [0, 0.05) is 10.7 Å². The molecule has 3 aromatic rings. The number of hydrogen-bond donors (Lipinski definition) is 2. The molecule has 0 amide bonds. The molecule has 26 heavy (non-hydrogen) atoms. The summed E-state index contributed by atoms with van der Waals surface area (Å²) in [6.07, 6.45) is 0. The van der Waals surface area contributed by atoms with Crippen LogP contribution in [-0.2, 0) is 0 Å². The first-order valence-corrected chi connectivity index (χ1v) is 9.27. The van der Waals surface area contributed by atoms with E-state index in [1.165, 1.54) is 22.3 Å². The molecule has 0 aliphatic carbocycles. The van der Waals surface area contributed by atoms with Crippen LogP contribution >= 0.6 is 23.8 Å². The van der Waals surface area contributed by atoms with Crippen molar-refractivity contribution in [3.8, 4) is 0 Å². The van der Waals surface area contributed by atoms with Gasteiger partial charge in [0.2, 0.25) is 0 Å². The number of benzene rings is 3. The van der Waals surface area contributed by atoms with Crippen molar-refractivity contribution in [3.05, 3.63) is 100 Å². The fraction of sp³-hybridized carbons (Fsp3) is 0.136. The fourth-order valence-corrected chi connectivity index (χ4v) is 3.33. The van der Waals surface area contributed by atoms with E-state index in [1.807, 2.05) is 42.5 Å². The Labute approximate surface area is 165 Å². The van der Waals surface area contributed by atoms with Crippen LogP contribution in [0.3, 0.4) is 0 Å². The number of rotatable bonds is 4. The van der Waals surface area contributed by atoms with E-state index in [0.29, 0.717) is 10.1 Å². The highest BCUT2D eigenvalue weighted by Crippen LogP contribution is 2.26. The molecule has 3 rings (SSSR count). The van der Waals surface area contributed by atoms with E-state index >= 15 is 0 Å². The number of aryl methyl sites for hydroxylation is 2. The van der Waals surface area contributed by atoms with E-state index < -0.39 is 0 Å². The Kier molecular flexibility index (Phi) is 5.92. The minimum Gasteiger partial charge on any atom is -0.352 e. The minimum atomic E-state index is -0.0240. The normalized spacial score (nSPS) is 11.7. The fourth-order valence-electron chi connectivity index (χ4n) is 2.97. The third-order valence-corrected chi connectivity index (χ3v) is 4.72. The number of halogens is 1. The largest absolute Gasteiger partial charge is 0.352 e. The molecule has 0 saturated carbocycles. The van der Waals surface area contributed by atoms with Gasteiger partial charge in [0.25, 0.3) is 0 Å². The number of thiocarbonyl (C=S) groups is 1. The Hall–Kier alpha value is -2.36. The maximum atomic E-state index is 5.95. The molecule has 3 aromatic carbocycles. The molecule has 2 nitrogen and oxygen atoms in total. The summed E-state index contributed by atoms with van der Waals surface area (Å²) >= 11 is 11.5. The maximum Gasteiger partial charge on any atom is 0.171 e. The van der Waals surface area contributed by atoms with Crippen LogP contribution in [0.25, 0.3) is 0 Å². The van der Waals surface area contributed by atoms with Crippen molar-refractivity contribution in [2.24, 2.45) is 0 Å². The van der Waals surface area contributed by atoms with Gasteiger partial charge in [-0.15, -0.1) is 0 Å². The highest BCUT2D eigenvalue weighted by molar-refractivity contribution is 7.80. The summed E-state index contributed by atoms with van der Waals surface area (Å²) in [6, 6.07) is 24.3. The van der Waals surface area contributed by atoms with Crippen LogP contribution in [0.1, 0.15) is 28.3 Å². The average Bonchev–Trinajstić information content (AvgIpc) is 2.63. The maximum absolute atomic E-state index is 5.95. The van der Waals surface area contributed by atoms with Gasteiger partial charge in [0.1, 0.15) is 0 Å². The second kappa shape index (κ2) is 8.35. The van der Waals surface area contributed by atoms with Crippen molar-refractivity contribution in [2.45, 2.75) is 19.9 Å². The predicted octanol–water partition coefficient (Wildman–Crippen LogP) is 6.03. The summed E-state index contributed by atoms with van der Waals surface area (Å²) in [7, 11) is 0. The second-order valence-corrected chi connectivity index (χ2v) is 7.15. The summed E-state index contributed by atoms with van der Waals surface area (Å²) in [4.78, 5) is 0. The van der Waals surface area contributed by atoms with Gasteiger partial charge in [-0.1, -0.05) is 65.7 Å². The third-order valence-electron chi connectivity index (χ3n) is 4.25. The van der Waals surface area contributed by atoms with E-state index in [4.69, 9.17) is 23.8 Å². The van der Waals surface area contributed by atoms with Crippen LogP contribution in [0.5, 0.6) is 0 Å². The zero-order valence-electron chi connectivity index (χ0n) is 14.8. The molecule has 0 aliphatic rings. The first kappa shape index (κ1) is 18.4. The first-order chi connectivity index (χ1) is 12.5. The SMILES string of the molecule is Cc1ccc([C@H](NC(=S)Nc2ccc(Cl)cc2)c2ccccc2)c(C)c1. The molecule has 0 saturated heterocycles. The van der Waals surface area contributed by atoms with Gasteiger partial charge in [-0.3, -0.25) is 0 Å². The van der Waals surface area contributed by atoms with E-state index in [-0.39, 0.29) is 6.04 Å². The van der Waals surface area contributed by atoms with Crippen LogP contribution in [0, 0.1) is 13.8 Å². The third kappa shape index (κ3) is 4.63. The second-order valence-electron chi connectivity index (χ2n) is 6.31. The lowest BCUT2D eigenvalue weighted by Crippen LogP contribution is -2.33. The molecule has 132 valence electrons. The Morgan fingerprint density at radius 2 is 1.62 bits per heavy atom. The molecule has 2 N–H and O–H groups in total. The number of anilines is 1. The molecule has 0 aromatic heterocycles. The van der Waals surface area contributed by atoms with E-state index in [0.717, 1.165) is 5.69 Å². The minimum absolute atomic E-state index is 0.0240. The number of hydrogen-bond acceptors (Lipinski definition) is 1.